The van der Waals surface area contributed by atoms with Crippen LogP contribution >= 0.6 is 0 Å². The normalized spacial score (nSPS) is 26.5. The van der Waals surface area contributed by atoms with Gasteiger partial charge in [0.2, 0.25) is 0 Å². The highest BCUT2D eigenvalue weighted by atomic mass is 14.8. The van der Waals surface area contributed by atoms with Crippen LogP contribution in [0.15, 0.2) is 30.3 Å². The molecule has 82 valence electrons. The summed E-state index contributed by atoms with van der Waals surface area (Å²) in [6.45, 7) is 1.18. The van der Waals surface area contributed by atoms with Crippen molar-refractivity contribution in [1.29, 1.82) is 0 Å². The van der Waals surface area contributed by atoms with Gasteiger partial charge >= 0.3 is 0 Å². The Morgan fingerprint density at radius 3 is 2.73 bits per heavy atom. The SMILES string of the molecule is CNCC1CCCC(c2ccccc2)C1. The van der Waals surface area contributed by atoms with E-state index >= 15 is 0 Å². The van der Waals surface area contributed by atoms with Gasteiger partial charge in [0.15, 0.2) is 0 Å². The van der Waals surface area contributed by atoms with E-state index < -0.39 is 0 Å². The Morgan fingerprint density at radius 2 is 2.00 bits per heavy atom. The van der Waals surface area contributed by atoms with E-state index in [4.69, 9.17) is 0 Å². The van der Waals surface area contributed by atoms with Gasteiger partial charge in [-0.2, -0.15) is 0 Å². The number of benzene rings is 1. The third kappa shape index (κ3) is 2.82. The summed E-state index contributed by atoms with van der Waals surface area (Å²) < 4.78 is 0. The second-order valence-corrected chi connectivity index (χ2v) is 4.70. The van der Waals surface area contributed by atoms with Gasteiger partial charge in [0.05, 0.1) is 0 Å². The molecule has 1 aromatic rings. The Morgan fingerprint density at radius 1 is 1.20 bits per heavy atom. The van der Waals surface area contributed by atoms with E-state index in [1.165, 1.54) is 32.2 Å². The van der Waals surface area contributed by atoms with Gasteiger partial charge in [0.25, 0.3) is 0 Å². The molecule has 2 unspecified atom stereocenters. The van der Waals surface area contributed by atoms with Crippen molar-refractivity contribution in [2.45, 2.75) is 31.6 Å². The van der Waals surface area contributed by atoms with Crippen LogP contribution in [0.1, 0.15) is 37.2 Å². The summed E-state index contributed by atoms with van der Waals surface area (Å²) in [6, 6.07) is 11.0. The second kappa shape index (κ2) is 5.32. The molecule has 0 spiro atoms. The van der Waals surface area contributed by atoms with E-state index in [1.807, 2.05) is 0 Å². The Hall–Kier alpha value is -0.820. The van der Waals surface area contributed by atoms with Gasteiger partial charge in [0.1, 0.15) is 0 Å². The third-order valence-corrected chi connectivity index (χ3v) is 3.55. The molecule has 1 nitrogen and oxygen atoms in total. The van der Waals surface area contributed by atoms with Crippen molar-refractivity contribution < 1.29 is 0 Å². The molecule has 1 aliphatic carbocycles. The fraction of sp³-hybridized carbons (Fsp3) is 0.571. The first-order chi connectivity index (χ1) is 7.40. The standard InChI is InChI=1S/C14H21N/c1-15-11-12-6-5-9-14(10-12)13-7-3-2-4-8-13/h2-4,7-8,12,14-15H,5-6,9-11H2,1H3. The van der Waals surface area contributed by atoms with Gasteiger partial charge < -0.3 is 5.32 Å². The first kappa shape index (κ1) is 10.7. The molecule has 0 amide bonds. The molecular weight excluding hydrogens is 182 g/mol. The number of hydrogen-bond acceptors (Lipinski definition) is 1. The fourth-order valence-corrected chi connectivity index (χ4v) is 2.79. The van der Waals surface area contributed by atoms with Crippen LogP contribution in [0.2, 0.25) is 0 Å². The molecule has 2 atom stereocenters. The Labute approximate surface area is 92.9 Å². The van der Waals surface area contributed by atoms with Crippen LogP contribution in [-0.4, -0.2) is 13.6 Å². The molecule has 0 aromatic heterocycles. The van der Waals surface area contributed by atoms with Crippen molar-refractivity contribution in [1.82, 2.24) is 5.32 Å². The van der Waals surface area contributed by atoms with Gasteiger partial charge in [-0.15, -0.1) is 0 Å². The van der Waals surface area contributed by atoms with E-state index in [9.17, 15) is 0 Å². The second-order valence-electron chi connectivity index (χ2n) is 4.70. The summed E-state index contributed by atoms with van der Waals surface area (Å²) >= 11 is 0. The maximum absolute atomic E-state index is 3.31. The molecule has 1 aliphatic rings. The Kier molecular flexibility index (Phi) is 3.79. The lowest BCUT2D eigenvalue weighted by Gasteiger charge is -2.29. The first-order valence-electron chi connectivity index (χ1n) is 6.09. The van der Waals surface area contributed by atoms with E-state index in [0.717, 1.165) is 11.8 Å². The van der Waals surface area contributed by atoms with Crippen LogP contribution in [0.4, 0.5) is 0 Å². The van der Waals surface area contributed by atoms with Gasteiger partial charge in [-0.1, -0.05) is 36.8 Å². The zero-order valence-electron chi connectivity index (χ0n) is 9.58. The third-order valence-electron chi connectivity index (χ3n) is 3.55. The van der Waals surface area contributed by atoms with Crippen LogP contribution in [0.25, 0.3) is 0 Å². The van der Waals surface area contributed by atoms with Crippen LogP contribution in [-0.2, 0) is 0 Å². The molecule has 1 N–H and O–H groups in total. The summed E-state index contributed by atoms with van der Waals surface area (Å²) in [5.74, 6) is 1.69. The number of nitrogens with one attached hydrogen (secondary N) is 1. The van der Waals surface area contributed by atoms with Gasteiger partial charge in [-0.3, -0.25) is 0 Å². The van der Waals surface area contributed by atoms with Crippen molar-refractivity contribution >= 4 is 0 Å². The average Bonchev–Trinajstić information content (AvgIpc) is 2.31. The summed E-state index contributed by atoms with van der Waals surface area (Å²) in [7, 11) is 2.06. The summed E-state index contributed by atoms with van der Waals surface area (Å²) in [4.78, 5) is 0. The van der Waals surface area contributed by atoms with E-state index in [0.29, 0.717) is 0 Å². The minimum atomic E-state index is 0.804. The zero-order valence-corrected chi connectivity index (χ0v) is 9.58. The molecule has 1 heteroatoms. The minimum absolute atomic E-state index is 0.804. The molecule has 15 heavy (non-hydrogen) atoms. The molecule has 1 aromatic carbocycles. The van der Waals surface area contributed by atoms with Crippen LogP contribution in [0.3, 0.4) is 0 Å². The van der Waals surface area contributed by atoms with E-state index in [-0.39, 0.29) is 0 Å². The fourth-order valence-electron chi connectivity index (χ4n) is 2.79. The molecule has 0 radical (unpaired) electrons. The summed E-state index contributed by atoms with van der Waals surface area (Å²) in [5, 5.41) is 3.31. The molecule has 1 fully saturated rings. The molecule has 1 saturated carbocycles. The lowest BCUT2D eigenvalue weighted by molar-refractivity contribution is 0.316. The zero-order chi connectivity index (χ0) is 10.5. The topological polar surface area (TPSA) is 12.0 Å². The predicted octanol–water partition coefficient (Wildman–Crippen LogP) is 3.18. The summed E-state index contributed by atoms with van der Waals surface area (Å²) in [6.07, 6.45) is 5.55. The quantitative estimate of drug-likeness (QED) is 0.795. The minimum Gasteiger partial charge on any atom is -0.319 e. The molecule has 0 heterocycles. The van der Waals surface area contributed by atoms with Crippen molar-refractivity contribution in [2.24, 2.45) is 5.92 Å². The smallest absolute Gasteiger partial charge is 0.00233 e. The predicted molar refractivity (Wildman–Crippen MR) is 65.1 cm³/mol. The molecule has 0 bridgehead atoms. The van der Waals surface area contributed by atoms with Gasteiger partial charge in [-0.25, -0.2) is 0 Å². The highest BCUT2D eigenvalue weighted by Gasteiger charge is 2.22. The van der Waals surface area contributed by atoms with Gasteiger partial charge in [0, 0.05) is 0 Å². The van der Waals surface area contributed by atoms with Crippen molar-refractivity contribution in [3.8, 4) is 0 Å². The van der Waals surface area contributed by atoms with Crippen LogP contribution < -0.4 is 5.32 Å². The van der Waals surface area contributed by atoms with Gasteiger partial charge in [-0.05, 0) is 50.3 Å². The van der Waals surface area contributed by atoms with E-state index in [1.54, 1.807) is 5.56 Å². The number of hydrogen-bond donors (Lipinski definition) is 1. The first-order valence-corrected chi connectivity index (χ1v) is 6.09. The van der Waals surface area contributed by atoms with Crippen LogP contribution in [0.5, 0.6) is 0 Å². The average molecular weight is 203 g/mol. The monoisotopic (exact) mass is 203 g/mol. The molecular formula is C14H21N. The lowest BCUT2D eigenvalue weighted by Crippen LogP contribution is -2.24. The Bertz CT molecular complexity index is 279. The van der Waals surface area contributed by atoms with Crippen molar-refractivity contribution in [2.75, 3.05) is 13.6 Å². The Balaban J connectivity index is 1.98. The molecule has 2 rings (SSSR count). The van der Waals surface area contributed by atoms with Crippen molar-refractivity contribution in [3.63, 3.8) is 0 Å². The lowest BCUT2D eigenvalue weighted by atomic mass is 9.78. The maximum Gasteiger partial charge on any atom is -0.00233 e. The maximum atomic E-state index is 3.31. The largest absolute Gasteiger partial charge is 0.319 e. The summed E-state index contributed by atoms with van der Waals surface area (Å²) in [5.41, 5.74) is 1.54. The molecule has 0 saturated heterocycles. The number of rotatable bonds is 3. The van der Waals surface area contributed by atoms with E-state index in [2.05, 4.69) is 42.7 Å². The highest BCUT2D eigenvalue weighted by molar-refractivity contribution is 5.20. The molecule has 0 aliphatic heterocycles. The van der Waals surface area contributed by atoms with Crippen LogP contribution in [0, 0.1) is 5.92 Å². The highest BCUT2D eigenvalue weighted by Crippen LogP contribution is 2.35. The van der Waals surface area contributed by atoms with Crippen molar-refractivity contribution in [3.05, 3.63) is 35.9 Å².